The normalized spacial score (nSPS) is 22.6. The highest BCUT2D eigenvalue weighted by Crippen LogP contribution is 2.53. The van der Waals surface area contributed by atoms with Crippen molar-refractivity contribution < 1.29 is 37.1 Å². The molecule has 5 aromatic rings. The molecule has 2 saturated heterocycles. The lowest BCUT2D eigenvalue weighted by Gasteiger charge is -2.57. The van der Waals surface area contributed by atoms with Crippen molar-refractivity contribution in [2.75, 3.05) is 49.6 Å². The van der Waals surface area contributed by atoms with E-state index in [1.165, 1.54) is 35.7 Å². The topological polar surface area (TPSA) is 205 Å². The number of rotatable bonds is 13. The fraction of sp³-hybridized carbons (Fsp3) is 0.479. The summed E-state index contributed by atoms with van der Waals surface area (Å²) < 4.78 is 56.3. The van der Waals surface area contributed by atoms with E-state index in [1.54, 1.807) is 19.1 Å². The Morgan fingerprint density at radius 2 is 1.82 bits per heavy atom. The summed E-state index contributed by atoms with van der Waals surface area (Å²) in [7, 11) is -4.69. The molecule has 4 aliphatic rings. The number of amides is 1. The summed E-state index contributed by atoms with van der Waals surface area (Å²) >= 11 is 0. The van der Waals surface area contributed by atoms with Gasteiger partial charge in [-0.05, 0) is 105 Å². The van der Waals surface area contributed by atoms with Crippen LogP contribution >= 0.6 is 0 Å². The average molecular weight is 925 g/mol. The number of pyridine rings is 2. The quantitative estimate of drug-likeness (QED) is 0.0650. The molecule has 4 fully saturated rings. The summed E-state index contributed by atoms with van der Waals surface area (Å²) in [4.78, 5) is 40.8. The Morgan fingerprint density at radius 3 is 2.56 bits per heavy atom. The molecular formula is C48H57FN8O8S. The minimum absolute atomic E-state index is 0.00852. The largest absolute Gasteiger partial charge is 0.455 e. The number of anilines is 2. The number of hydrogen-bond acceptors (Lipinski definition) is 13. The van der Waals surface area contributed by atoms with Crippen LogP contribution in [0.5, 0.6) is 11.5 Å². The van der Waals surface area contributed by atoms with Gasteiger partial charge < -0.3 is 29.8 Å². The Balaban J connectivity index is 0.907. The summed E-state index contributed by atoms with van der Waals surface area (Å²) in [5.74, 6) is -1.01. The van der Waals surface area contributed by atoms with Crippen molar-refractivity contribution in [2.24, 2.45) is 11.3 Å². The molecule has 66 heavy (non-hydrogen) atoms. The second-order valence-electron chi connectivity index (χ2n) is 19.2. The van der Waals surface area contributed by atoms with E-state index in [0.717, 1.165) is 82.7 Å². The molecule has 2 saturated carbocycles. The number of sulfonamides is 1. The number of halogens is 1. The Morgan fingerprint density at radius 1 is 1.06 bits per heavy atom. The number of H-pyrrole nitrogens is 1. The molecule has 2 aliphatic carbocycles. The highest BCUT2D eigenvalue weighted by molar-refractivity contribution is 7.90. The molecule has 350 valence electrons. The van der Waals surface area contributed by atoms with Crippen LogP contribution in [-0.2, 0) is 14.8 Å². The maximum atomic E-state index is 14.6. The maximum Gasteiger partial charge on any atom is 0.312 e. The highest BCUT2D eigenvalue weighted by atomic mass is 32.2. The predicted octanol–water partition coefficient (Wildman–Crippen LogP) is 8.22. The Hall–Kier alpha value is -5.69. The Bertz CT molecular complexity index is 2720. The number of piperidine rings is 1. The second kappa shape index (κ2) is 18.2. The predicted molar refractivity (Wildman–Crippen MR) is 247 cm³/mol. The lowest BCUT2D eigenvalue weighted by atomic mass is 9.59. The van der Waals surface area contributed by atoms with Crippen molar-refractivity contribution in [3.8, 4) is 11.5 Å². The third-order valence-electron chi connectivity index (χ3n) is 14.4. The summed E-state index contributed by atoms with van der Waals surface area (Å²) in [5.41, 5.74) is 2.55. The van der Waals surface area contributed by atoms with E-state index in [0.29, 0.717) is 43.6 Å². The molecule has 16 nitrogen and oxygen atoms in total. The Labute approximate surface area is 383 Å². The molecule has 5 heterocycles. The number of morpholine rings is 1. The molecule has 1 amide bonds. The molecule has 0 unspecified atom stereocenters. The van der Waals surface area contributed by atoms with Crippen molar-refractivity contribution in [2.45, 2.75) is 101 Å². The Kier molecular flexibility index (Phi) is 12.5. The number of carbonyl (C=O) groups excluding carboxylic acids is 1. The standard InChI is InChI=1S/C48H57FN8O8S/c1-30(2)36-6-4-5-7-37(36)42-29-64-19-18-56(42)33-23-48(24-33)14-16-55(17-15-48)32-8-9-38(43(20-32)65-34-21-39-40(49)28-53-44(39)51-26-34)46(58)54-66(62,63)35-22-41(57(60)61)45(52-27-35)50-25-31-10-12-47(3,59)13-11-31/h4-9,20-22,26-28,30-31,33,42,59H,10-19,23-25,29H2,1-3H3,(H,50,52)(H,51,53)(H,54,58)/t31?,42-,47?/m1/s1. The van der Waals surface area contributed by atoms with Crippen LogP contribution < -0.4 is 19.7 Å². The third-order valence-corrected chi connectivity index (χ3v) is 15.7. The zero-order valence-corrected chi connectivity index (χ0v) is 38.3. The minimum atomic E-state index is -4.69. The zero-order chi connectivity index (χ0) is 46.4. The molecule has 1 atom stereocenters. The van der Waals surface area contributed by atoms with Crippen molar-refractivity contribution in [3.63, 3.8) is 0 Å². The molecule has 2 aromatic carbocycles. The van der Waals surface area contributed by atoms with Crippen LogP contribution in [0.2, 0.25) is 0 Å². The van der Waals surface area contributed by atoms with Gasteiger partial charge >= 0.3 is 5.69 Å². The first kappa shape index (κ1) is 45.5. The first-order valence-electron chi connectivity index (χ1n) is 22.9. The van der Waals surface area contributed by atoms with E-state index >= 15 is 0 Å². The molecule has 0 bridgehead atoms. The fourth-order valence-corrected chi connectivity index (χ4v) is 11.4. The van der Waals surface area contributed by atoms with Crippen LogP contribution in [0.3, 0.4) is 0 Å². The highest BCUT2D eigenvalue weighted by Gasteiger charge is 2.50. The molecule has 18 heteroatoms. The van der Waals surface area contributed by atoms with E-state index in [1.807, 2.05) is 4.72 Å². The number of nitrogens with one attached hydrogen (secondary N) is 3. The van der Waals surface area contributed by atoms with E-state index in [2.05, 4.69) is 68.2 Å². The van der Waals surface area contributed by atoms with Crippen LogP contribution in [0.25, 0.3) is 11.0 Å². The molecule has 9 rings (SSSR count). The average Bonchev–Trinajstić information content (AvgIpc) is 3.66. The minimum Gasteiger partial charge on any atom is -0.455 e. The lowest BCUT2D eigenvalue weighted by molar-refractivity contribution is -0.384. The van der Waals surface area contributed by atoms with Gasteiger partial charge in [0.2, 0.25) is 5.82 Å². The van der Waals surface area contributed by atoms with E-state index in [4.69, 9.17) is 9.47 Å². The van der Waals surface area contributed by atoms with E-state index < -0.39 is 42.9 Å². The summed E-state index contributed by atoms with van der Waals surface area (Å²) in [6, 6.07) is 16.6. The SMILES string of the molecule is CC(C)c1ccccc1[C@H]1COCCN1C1CC2(CCN(c3ccc(C(=O)NS(=O)(=O)c4cnc(NCC5CCC(C)(O)CC5)c([N+](=O)[O-])c4)c(Oc4cnc5[nH]cc(F)c5c4)c3)CC2)C1. The van der Waals surface area contributed by atoms with Gasteiger partial charge in [0.15, 0.2) is 0 Å². The number of benzene rings is 2. The molecule has 1 spiro atoms. The summed E-state index contributed by atoms with van der Waals surface area (Å²) in [6.07, 6.45) is 10.3. The van der Waals surface area contributed by atoms with Crippen molar-refractivity contribution in [3.05, 3.63) is 106 Å². The van der Waals surface area contributed by atoms with Crippen LogP contribution in [0.4, 0.5) is 21.6 Å². The number of hydrogen-bond donors (Lipinski definition) is 4. The fourth-order valence-electron chi connectivity index (χ4n) is 10.4. The smallest absolute Gasteiger partial charge is 0.312 e. The number of aliphatic hydroxyl groups is 1. The van der Waals surface area contributed by atoms with Gasteiger partial charge in [0.25, 0.3) is 15.9 Å². The number of aromatic nitrogens is 3. The zero-order valence-electron chi connectivity index (χ0n) is 37.5. The van der Waals surface area contributed by atoms with Crippen LogP contribution in [0.15, 0.2) is 78.1 Å². The van der Waals surface area contributed by atoms with Crippen molar-refractivity contribution in [1.29, 1.82) is 0 Å². The first-order chi connectivity index (χ1) is 31.6. The number of ether oxygens (including phenoxy) is 2. The van der Waals surface area contributed by atoms with E-state index in [-0.39, 0.29) is 45.6 Å². The van der Waals surface area contributed by atoms with Gasteiger partial charge in [0.05, 0.1) is 53.1 Å². The number of carbonyl (C=O) groups is 1. The monoisotopic (exact) mass is 924 g/mol. The van der Waals surface area contributed by atoms with Gasteiger partial charge in [-0.25, -0.2) is 27.5 Å². The molecule has 3 aromatic heterocycles. The molecule has 0 radical (unpaired) electrons. The van der Waals surface area contributed by atoms with Gasteiger partial charge in [-0.3, -0.25) is 19.8 Å². The van der Waals surface area contributed by atoms with Gasteiger partial charge in [0.1, 0.15) is 27.9 Å². The molecule has 2 aliphatic heterocycles. The van der Waals surface area contributed by atoms with Crippen molar-refractivity contribution in [1.82, 2.24) is 24.6 Å². The number of nitrogens with zero attached hydrogens (tertiary/aromatic N) is 5. The van der Waals surface area contributed by atoms with Gasteiger partial charge in [-0.1, -0.05) is 38.1 Å². The van der Waals surface area contributed by atoms with Gasteiger partial charge in [-0.15, -0.1) is 0 Å². The number of fused-ring (bicyclic) bond motifs is 1. The van der Waals surface area contributed by atoms with E-state index in [9.17, 15) is 32.8 Å². The van der Waals surface area contributed by atoms with Gasteiger partial charge in [0, 0.05) is 56.2 Å². The van der Waals surface area contributed by atoms with Crippen LogP contribution in [0, 0.1) is 27.3 Å². The third kappa shape index (κ3) is 9.46. The molecule has 4 N–H and O–H groups in total. The summed E-state index contributed by atoms with van der Waals surface area (Å²) in [5, 5.41) is 25.6. The second-order valence-corrected chi connectivity index (χ2v) is 20.9. The molecular weight excluding hydrogens is 868 g/mol. The van der Waals surface area contributed by atoms with Crippen molar-refractivity contribution >= 4 is 44.2 Å². The van der Waals surface area contributed by atoms with Crippen LogP contribution in [-0.4, -0.2) is 95.2 Å². The van der Waals surface area contributed by atoms with Gasteiger partial charge in [-0.2, -0.15) is 0 Å². The maximum absolute atomic E-state index is 14.6. The summed E-state index contributed by atoms with van der Waals surface area (Å²) in [6.45, 7) is 10.5. The first-order valence-corrected chi connectivity index (χ1v) is 24.3. The number of nitro groups is 1. The lowest BCUT2D eigenvalue weighted by Crippen LogP contribution is -2.58. The number of aromatic amines is 1. The van der Waals surface area contributed by atoms with Crippen LogP contribution in [0.1, 0.15) is 106 Å².